The van der Waals surface area contributed by atoms with E-state index in [-0.39, 0.29) is 36.2 Å². The monoisotopic (exact) mass is 323 g/mol. The molecule has 20 heavy (non-hydrogen) atoms. The molecule has 0 aromatic heterocycles. The third kappa shape index (κ3) is 4.27. The predicted octanol–water partition coefficient (Wildman–Crippen LogP) is 1.21. The number of thioether (sulfide) groups is 1. The molecule has 1 aliphatic heterocycles. The number of nitrogens with two attached hydrogens (primary N) is 1. The van der Waals surface area contributed by atoms with Crippen LogP contribution in [0.3, 0.4) is 0 Å². The van der Waals surface area contributed by atoms with Crippen molar-refractivity contribution in [3.8, 4) is 0 Å². The average molecular weight is 324 g/mol. The van der Waals surface area contributed by atoms with Gasteiger partial charge in [-0.3, -0.25) is 9.59 Å². The number of carbonyl (C=O) groups excluding carboxylic acids is 2. The maximum absolute atomic E-state index is 12.4. The second-order valence-electron chi connectivity index (χ2n) is 5.50. The lowest BCUT2D eigenvalue weighted by Gasteiger charge is -2.35. The summed E-state index contributed by atoms with van der Waals surface area (Å²) in [6, 6.07) is -0.359. The molecule has 7 heteroatoms. The van der Waals surface area contributed by atoms with E-state index < -0.39 is 5.54 Å². The minimum absolute atomic E-state index is 0. The van der Waals surface area contributed by atoms with Crippen molar-refractivity contribution in [3.63, 3.8) is 0 Å². The molecule has 118 valence electrons. The Balaban J connectivity index is 0.00000361. The molecule has 1 rings (SSSR count). The van der Waals surface area contributed by atoms with Crippen LogP contribution in [0.25, 0.3) is 0 Å². The Labute approximate surface area is 131 Å². The fraction of sp³-hybridized carbons (Fsp3) is 0.846. The Morgan fingerprint density at radius 1 is 1.50 bits per heavy atom. The third-order valence-corrected chi connectivity index (χ3v) is 4.93. The normalized spacial score (nSPS) is 21.3. The lowest BCUT2D eigenvalue weighted by molar-refractivity contribution is -0.138. The molecule has 5 nitrogen and oxygen atoms in total. The van der Waals surface area contributed by atoms with Crippen LogP contribution in [0.15, 0.2) is 0 Å². The summed E-state index contributed by atoms with van der Waals surface area (Å²) < 4.78 is 0. The van der Waals surface area contributed by atoms with E-state index in [1.807, 2.05) is 27.7 Å². The quantitative estimate of drug-likeness (QED) is 0.797. The van der Waals surface area contributed by atoms with Crippen molar-refractivity contribution < 1.29 is 9.59 Å². The summed E-state index contributed by atoms with van der Waals surface area (Å²) in [5.74, 6) is 1.45. The van der Waals surface area contributed by atoms with Gasteiger partial charge in [0.2, 0.25) is 11.8 Å². The van der Waals surface area contributed by atoms with E-state index in [4.69, 9.17) is 5.73 Å². The van der Waals surface area contributed by atoms with Gasteiger partial charge in [0.15, 0.2) is 0 Å². The predicted molar refractivity (Wildman–Crippen MR) is 85.9 cm³/mol. The Bertz CT molecular complexity index is 355. The van der Waals surface area contributed by atoms with E-state index >= 15 is 0 Å². The van der Waals surface area contributed by atoms with E-state index in [0.29, 0.717) is 24.6 Å². The largest absolute Gasteiger partial charge is 0.348 e. The number of halogens is 1. The standard InChI is InChI=1S/C13H25N3O2S.ClH/c1-5-11(17)16-8-19-6-10(16)12(18)15-13(4,7-14)9(2)3;/h9-10H,5-8,14H2,1-4H3,(H,15,18);1H. The molecule has 2 unspecified atom stereocenters. The van der Waals surface area contributed by atoms with Crippen molar-refractivity contribution >= 4 is 36.0 Å². The molecule has 0 spiro atoms. The first-order chi connectivity index (χ1) is 8.85. The molecule has 1 fully saturated rings. The molecule has 0 aliphatic carbocycles. The first-order valence-electron chi connectivity index (χ1n) is 6.75. The lowest BCUT2D eigenvalue weighted by atomic mass is 9.88. The van der Waals surface area contributed by atoms with Gasteiger partial charge in [-0.2, -0.15) is 0 Å². The SMILES string of the molecule is CCC(=O)N1CSCC1C(=O)NC(C)(CN)C(C)C.Cl. The highest BCUT2D eigenvalue weighted by Crippen LogP contribution is 2.23. The Kier molecular flexibility index (Phi) is 7.91. The number of rotatable bonds is 5. The van der Waals surface area contributed by atoms with Gasteiger partial charge >= 0.3 is 0 Å². The summed E-state index contributed by atoms with van der Waals surface area (Å²) in [5, 5.41) is 3.02. The Morgan fingerprint density at radius 3 is 2.55 bits per heavy atom. The number of hydrogen-bond donors (Lipinski definition) is 2. The van der Waals surface area contributed by atoms with Crippen molar-refractivity contribution in [1.82, 2.24) is 10.2 Å². The van der Waals surface area contributed by atoms with Gasteiger partial charge in [0.05, 0.1) is 11.4 Å². The summed E-state index contributed by atoms with van der Waals surface area (Å²) in [6.07, 6.45) is 0.433. The topological polar surface area (TPSA) is 75.4 Å². The van der Waals surface area contributed by atoms with Crippen molar-refractivity contribution in [2.45, 2.75) is 45.7 Å². The van der Waals surface area contributed by atoms with Crippen LogP contribution in [-0.2, 0) is 9.59 Å². The van der Waals surface area contributed by atoms with Crippen LogP contribution in [0.5, 0.6) is 0 Å². The molecular weight excluding hydrogens is 298 g/mol. The molecular formula is C13H26ClN3O2S. The van der Waals surface area contributed by atoms with Crippen molar-refractivity contribution in [3.05, 3.63) is 0 Å². The van der Waals surface area contributed by atoms with Crippen LogP contribution >= 0.6 is 24.2 Å². The average Bonchev–Trinajstić information content (AvgIpc) is 2.86. The van der Waals surface area contributed by atoms with Crippen LogP contribution in [0.4, 0.5) is 0 Å². The summed E-state index contributed by atoms with van der Waals surface area (Å²) in [4.78, 5) is 25.9. The smallest absolute Gasteiger partial charge is 0.244 e. The molecule has 1 aliphatic rings. The van der Waals surface area contributed by atoms with Crippen LogP contribution in [0.2, 0.25) is 0 Å². The van der Waals surface area contributed by atoms with Gasteiger partial charge in [0.25, 0.3) is 0 Å². The maximum Gasteiger partial charge on any atom is 0.244 e. The zero-order valence-corrected chi connectivity index (χ0v) is 14.3. The van der Waals surface area contributed by atoms with E-state index in [2.05, 4.69) is 5.32 Å². The number of carbonyl (C=O) groups is 2. The van der Waals surface area contributed by atoms with E-state index in [9.17, 15) is 9.59 Å². The van der Waals surface area contributed by atoms with Gasteiger partial charge in [0, 0.05) is 18.7 Å². The molecule has 0 saturated carbocycles. The maximum atomic E-state index is 12.4. The fourth-order valence-corrected chi connectivity index (χ4v) is 3.09. The zero-order valence-electron chi connectivity index (χ0n) is 12.6. The van der Waals surface area contributed by atoms with Crippen molar-refractivity contribution in [2.75, 3.05) is 18.2 Å². The van der Waals surface area contributed by atoms with E-state index in [1.165, 1.54) is 0 Å². The highest BCUT2D eigenvalue weighted by molar-refractivity contribution is 7.99. The number of hydrogen-bond acceptors (Lipinski definition) is 4. The highest BCUT2D eigenvalue weighted by atomic mass is 35.5. The Hall–Kier alpha value is -0.460. The van der Waals surface area contributed by atoms with Gasteiger partial charge in [-0.25, -0.2) is 0 Å². The van der Waals surface area contributed by atoms with Crippen LogP contribution in [-0.4, -0.2) is 46.5 Å². The number of nitrogens with one attached hydrogen (secondary N) is 1. The van der Waals surface area contributed by atoms with Gasteiger partial charge in [-0.1, -0.05) is 20.8 Å². The minimum atomic E-state index is -0.425. The molecule has 1 saturated heterocycles. The van der Waals surface area contributed by atoms with Crippen molar-refractivity contribution in [1.29, 1.82) is 0 Å². The summed E-state index contributed by atoms with van der Waals surface area (Å²) in [7, 11) is 0. The van der Waals surface area contributed by atoms with Crippen LogP contribution in [0.1, 0.15) is 34.1 Å². The first-order valence-corrected chi connectivity index (χ1v) is 7.90. The molecule has 0 aromatic rings. The zero-order chi connectivity index (χ0) is 14.6. The molecule has 0 aromatic carbocycles. The van der Waals surface area contributed by atoms with Crippen molar-refractivity contribution in [2.24, 2.45) is 11.7 Å². The molecule has 2 amide bonds. The summed E-state index contributed by atoms with van der Waals surface area (Å²) >= 11 is 1.62. The van der Waals surface area contributed by atoms with E-state index in [1.54, 1.807) is 16.7 Å². The lowest BCUT2D eigenvalue weighted by Crippen LogP contribution is -2.59. The highest BCUT2D eigenvalue weighted by Gasteiger charge is 2.37. The molecule has 3 N–H and O–H groups in total. The summed E-state index contributed by atoms with van der Waals surface area (Å²) in [5.41, 5.74) is 5.35. The van der Waals surface area contributed by atoms with Gasteiger partial charge in [-0.15, -0.1) is 24.2 Å². The third-order valence-electron chi connectivity index (χ3n) is 3.91. The molecule has 0 radical (unpaired) electrons. The minimum Gasteiger partial charge on any atom is -0.348 e. The first kappa shape index (κ1) is 19.5. The molecule has 1 heterocycles. The second kappa shape index (κ2) is 8.10. The number of amides is 2. The van der Waals surface area contributed by atoms with Gasteiger partial charge < -0.3 is 16.0 Å². The molecule has 0 bridgehead atoms. The Morgan fingerprint density at radius 2 is 2.10 bits per heavy atom. The van der Waals surface area contributed by atoms with Gasteiger partial charge in [0.1, 0.15) is 6.04 Å². The van der Waals surface area contributed by atoms with E-state index in [0.717, 1.165) is 0 Å². The number of nitrogens with zero attached hydrogens (tertiary/aromatic N) is 1. The van der Waals surface area contributed by atoms with Gasteiger partial charge in [-0.05, 0) is 12.8 Å². The van der Waals surface area contributed by atoms with Crippen LogP contribution < -0.4 is 11.1 Å². The second-order valence-corrected chi connectivity index (χ2v) is 6.50. The fourth-order valence-electron chi connectivity index (χ4n) is 1.90. The molecule has 2 atom stereocenters. The summed E-state index contributed by atoms with van der Waals surface area (Å²) in [6.45, 7) is 8.22. The van der Waals surface area contributed by atoms with Crippen LogP contribution in [0, 0.1) is 5.92 Å².